The molecule has 2 atom stereocenters. The normalized spacial score (nSPS) is 18.0. The van der Waals surface area contributed by atoms with E-state index in [1.807, 2.05) is 59.3 Å². The summed E-state index contributed by atoms with van der Waals surface area (Å²) in [6.07, 6.45) is 2.68. The molecule has 1 aliphatic rings. The molecule has 3 aromatic rings. The lowest BCUT2D eigenvalue weighted by atomic mass is 10.0. The molecule has 2 heterocycles. The monoisotopic (exact) mass is 407 g/mol. The van der Waals surface area contributed by atoms with Gasteiger partial charge in [0.2, 0.25) is 11.1 Å². The van der Waals surface area contributed by atoms with Gasteiger partial charge in [-0.3, -0.25) is 4.79 Å². The molecule has 0 unspecified atom stereocenters. The van der Waals surface area contributed by atoms with Gasteiger partial charge in [0.25, 0.3) is 0 Å². The second kappa shape index (κ2) is 8.69. The van der Waals surface area contributed by atoms with Crippen molar-refractivity contribution < 1.29 is 4.79 Å². The van der Waals surface area contributed by atoms with Crippen LogP contribution in [0.4, 0.5) is 5.69 Å². The molecule has 2 N–H and O–H groups in total. The van der Waals surface area contributed by atoms with E-state index < -0.39 is 0 Å². The third-order valence-corrected chi connectivity index (χ3v) is 6.27. The molecule has 1 aromatic heterocycles. The van der Waals surface area contributed by atoms with E-state index in [4.69, 9.17) is 0 Å². The molecule has 150 valence electrons. The number of aromatic nitrogens is 3. The number of para-hydroxylation sites is 1. The Bertz CT molecular complexity index is 988. The first-order valence-corrected chi connectivity index (χ1v) is 10.9. The number of nitrogens with zero attached hydrogens (tertiary/aromatic N) is 3. The summed E-state index contributed by atoms with van der Waals surface area (Å²) in [5.74, 6) is 0.856. The van der Waals surface area contributed by atoms with Gasteiger partial charge < -0.3 is 10.7 Å². The zero-order valence-electron chi connectivity index (χ0n) is 16.6. The lowest BCUT2D eigenvalue weighted by Gasteiger charge is -2.33. The van der Waals surface area contributed by atoms with Crippen molar-refractivity contribution in [3.8, 4) is 0 Å². The van der Waals surface area contributed by atoms with E-state index in [-0.39, 0.29) is 17.2 Å². The van der Waals surface area contributed by atoms with E-state index in [1.54, 1.807) is 0 Å². The number of benzene rings is 2. The highest BCUT2D eigenvalue weighted by Gasteiger charge is 2.37. The van der Waals surface area contributed by atoms with E-state index in [0.717, 1.165) is 47.1 Å². The van der Waals surface area contributed by atoms with Crippen LogP contribution >= 0.6 is 11.8 Å². The molecule has 1 aliphatic heterocycles. The molecule has 4 rings (SSSR count). The first-order valence-electron chi connectivity index (χ1n) is 10.0. The largest absolute Gasteiger partial charge is 0.325 e. The number of thioether (sulfide) groups is 1. The van der Waals surface area contributed by atoms with Crippen LogP contribution in [0.3, 0.4) is 0 Å². The number of amides is 1. The van der Waals surface area contributed by atoms with Gasteiger partial charge >= 0.3 is 0 Å². The Morgan fingerprint density at radius 1 is 1.10 bits per heavy atom. The summed E-state index contributed by atoms with van der Waals surface area (Å²) >= 11 is 1.46. The summed E-state index contributed by atoms with van der Waals surface area (Å²) in [7, 11) is 0. The Labute approximate surface area is 175 Å². The first kappa shape index (κ1) is 19.5. The van der Waals surface area contributed by atoms with E-state index >= 15 is 0 Å². The minimum atomic E-state index is -0.367. The quantitative estimate of drug-likeness (QED) is 0.641. The smallest absolute Gasteiger partial charge is 0.240 e. The number of carbonyl (C=O) groups is 1. The summed E-state index contributed by atoms with van der Waals surface area (Å²) in [5, 5.41) is 12.1. The number of anilines is 1. The van der Waals surface area contributed by atoms with Gasteiger partial charge in [-0.2, -0.15) is 0 Å². The molecular weight excluding hydrogens is 382 g/mol. The van der Waals surface area contributed by atoms with Gasteiger partial charge in [-0.25, -0.2) is 4.68 Å². The molecule has 0 aliphatic carbocycles. The predicted molar refractivity (Wildman–Crippen MR) is 117 cm³/mol. The van der Waals surface area contributed by atoms with Crippen LogP contribution in [-0.2, 0) is 17.6 Å². The van der Waals surface area contributed by atoms with Crippen LogP contribution in [0.2, 0.25) is 0 Å². The van der Waals surface area contributed by atoms with E-state index in [1.165, 1.54) is 11.8 Å². The molecular formula is C22H25N5OS. The molecule has 0 bridgehead atoms. The van der Waals surface area contributed by atoms with Crippen molar-refractivity contribution in [3.05, 3.63) is 71.5 Å². The number of nitrogens with one attached hydrogen (secondary N) is 2. The fourth-order valence-electron chi connectivity index (χ4n) is 3.55. The highest BCUT2D eigenvalue weighted by molar-refractivity contribution is 8.00. The third kappa shape index (κ3) is 4.00. The van der Waals surface area contributed by atoms with Crippen LogP contribution in [0, 0.1) is 0 Å². The summed E-state index contributed by atoms with van der Waals surface area (Å²) < 4.78 is 1.94. The minimum absolute atomic E-state index is 0.0384. The number of fused-ring (bicyclic) bond motifs is 1. The van der Waals surface area contributed by atoms with Crippen LogP contribution in [0.5, 0.6) is 0 Å². The number of hydrogen-bond acceptors (Lipinski definition) is 5. The van der Waals surface area contributed by atoms with Gasteiger partial charge in [-0.05, 0) is 30.0 Å². The molecule has 0 saturated carbocycles. The van der Waals surface area contributed by atoms with Crippen molar-refractivity contribution >= 4 is 23.4 Å². The summed E-state index contributed by atoms with van der Waals surface area (Å²) in [6.45, 7) is 4.21. The molecule has 0 fully saturated rings. The molecule has 29 heavy (non-hydrogen) atoms. The summed E-state index contributed by atoms with van der Waals surface area (Å²) in [4.78, 5) is 13.3. The van der Waals surface area contributed by atoms with Crippen LogP contribution in [0.15, 0.2) is 59.8 Å². The molecule has 2 aromatic carbocycles. The van der Waals surface area contributed by atoms with E-state index in [0.29, 0.717) is 0 Å². The van der Waals surface area contributed by atoms with Crippen molar-refractivity contribution in [2.45, 2.75) is 49.6 Å². The second-order valence-corrected chi connectivity index (χ2v) is 8.15. The fraction of sp³-hybridized carbons (Fsp3) is 0.318. The number of aryl methyl sites for hydroxylation is 2. The Morgan fingerprint density at radius 3 is 2.62 bits per heavy atom. The van der Waals surface area contributed by atoms with Crippen molar-refractivity contribution in [2.24, 2.45) is 0 Å². The molecule has 6 nitrogen and oxygen atoms in total. The SMILES string of the molecule is CCCc1nnc2n1N[C@H](c1ccccc1)[C@H](C(=O)Nc1ccccc1CC)S2. The lowest BCUT2D eigenvalue weighted by molar-refractivity contribution is -0.116. The average molecular weight is 408 g/mol. The van der Waals surface area contributed by atoms with Gasteiger partial charge in [0.15, 0.2) is 5.82 Å². The highest BCUT2D eigenvalue weighted by atomic mass is 32.2. The topological polar surface area (TPSA) is 71.8 Å². The van der Waals surface area contributed by atoms with Crippen molar-refractivity contribution in [2.75, 3.05) is 10.7 Å². The lowest BCUT2D eigenvalue weighted by Crippen LogP contribution is -2.41. The Balaban J connectivity index is 1.66. The molecule has 0 saturated heterocycles. The molecule has 1 amide bonds. The third-order valence-electron chi connectivity index (χ3n) is 5.05. The maximum atomic E-state index is 13.3. The minimum Gasteiger partial charge on any atom is -0.325 e. The van der Waals surface area contributed by atoms with Crippen molar-refractivity contribution in [3.63, 3.8) is 0 Å². The zero-order valence-corrected chi connectivity index (χ0v) is 17.4. The average Bonchev–Trinajstić information content (AvgIpc) is 3.16. The van der Waals surface area contributed by atoms with Gasteiger partial charge in [0.1, 0.15) is 5.25 Å². The van der Waals surface area contributed by atoms with Crippen molar-refractivity contribution in [1.29, 1.82) is 0 Å². The maximum absolute atomic E-state index is 13.3. The summed E-state index contributed by atoms with van der Waals surface area (Å²) in [5.41, 5.74) is 6.55. The standard InChI is InChI=1S/C22H25N5OS/c1-3-10-18-24-25-22-27(18)26-19(16-12-6-5-7-13-16)20(29-22)21(28)23-17-14-9-8-11-15(17)4-2/h5-9,11-14,19-20,26H,3-4,10H2,1-2H3,(H,23,28)/t19-,20-/m1/s1. The number of hydrogen-bond donors (Lipinski definition) is 2. The van der Waals surface area contributed by atoms with E-state index in [2.05, 4.69) is 34.8 Å². The predicted octanol–water partition coefficient (Wildman–Crippen LogP) is 4.19. The Morgan fingerprint density at radius 2 is 1.86 bits per heavy atom. The number of carbonyl (C=O) groups excluding carboxylic acids is 1. The van der Waals surface area contributed by atoms with E-state index in [9.17, 15) is 4.79 Å². The summed E-state index contributed by atoms with van der Waals surface area (Å²) in [6, 6.07) is 17.8. The van der Waals surface area contributed by atoms with Gasteiger partial charge in [0.05, 0.1) is 6.04 Å². The second-order valence-electron chi connectivity index (χ2n) is 7.04. The van der Waals surface area contributed by atoms with Crippen LogP contribution in [0.25, 0.3) is 0 Å². The van der Waals surface area contributed by atoms with Crippen molar-refractivity contribution in [1.82, 2.24) is 14.9 Å². The molecule has 0 spiro atoms. The fourth-order valence-corrected chi connectivity index (χ4v) is 4.65. The van der Waals surface area contributed by atoms with Crippen LogP contribution in [0.1, 0.15) is 43.3 Å². The Hall–Kier alpha value is -2.80. The first-order chi connectivity index (χ1) is 14.2. The van der Waals surface area contributed by atoms with Gasteiger partial charge in [-0.1, -0.05) is 74.1 Å². The van der Waals surface area contributed by atoms with Gasteiger partial charge in [-0.15, -0.1) is 10.2 Å². The van der Waals surface area contributed by atoms with Crippen LogP contribution in [-0.4, -0.2) is 26.0 Å². The highest BCUT2D eigenvalue weighted by Crippen LogP contribution is 2.37. The number of rotatable bonds is 6. The maximum Gasteiger partial charge on any atom is 0.240 e. The van der Waals surface area contributed by atoms with Gasteiger partial charge in [0, 0.05) is 12.1 Å². The zero-order chi connectivity index (χ0) is 20.2. The molecule has 7 heteroatoms. The Kier molecular flexibility index (Phi) is 5.85. The van der Waals surface area contributed by atoms with Crippen LogP contribution < -0.4 is 10.7 Å². The molecule has 0 radical (unpaired) electrons.